The highest BCUT2D eigenvalue weighted by Gasteiger charge is 2.25. The summed E-state index contributed by atoms with van der Waals surface area (Å²) in [6, 6.07) is -0.0626. The molecule has 0 spiro atoms. The second kappa shape index (κ2) is 4.59. The van der Waals surface area contributed by atoms with Crippen LogP contribution in [0, 0.1) is 6.92 Å². The molecule has 1 unspecified atom stereocenters. The van der Waals surface area contributed by atoms with Crippen LogP contribution in [-0.4, -0.2) is 31.8 Å². The second-order valence-corrected chi connectivity index (χ2v) is 5.24. The third kappa shape index (κ3) is 1.66. The van der Waals surface area contributed by atoms with Crippen LogP contribution in [0.4, 0.5) is 0 Å². The Kier molecular flexibility index (Phi) is 3.01. The van der Waals surface area contributed by atoms with Crippen molar-refractivity contribution in [2.45, 2.75) is 32.9 Å². The van der Waals surface area contributed by atoms with E-state index in [0.29, 0.717) is 24.3 Å². The monoisotopic (exact) mass is 277 g/mol. The number of nitrogens with zero attached hydrogens (tertiary/aromatic N) is 4. The number of hydrogen-bond acceptors (Lipinski definition) is 4. The Hall–Kier alpha value is -1.89. The molecule has 0 bridgehead atoms. The van der Waals surface area contributed by atoms with Crippen molar-refractivity contribution in [2.24, 2.45) is 7.05 Å². The van der Waals surface area contributed by atoms with Crippen LogP contribution in [0.5, 0.6) is 0 Å². The van der Waals surface area contributed by atoms with E-state index in [1.54, 1.807) is 9.13 Å². The molecule has 1 fully saturated rings. The summed E-state index contributed by atoms with van der Waals surface area (Å²) in [5, 5.41) is 3.20. The average molecular weight is 277 g/mol. The highest BCUT2D eigenvalue weighted by molar-refractivity contribution is 5.70. The third-order valence-corrected chi connectivity index (χ3v) is 4.13. The summed E-state index contributed by atoms with van der Waals surface area (Å²) in [7, 11) is 1.81. The van der Waals surface area contributed by atoms with Gasteiger partial charge in [-0.15, -0.1) is 0 Å². The predicted molar refractivity (Wildman–Crippen MR) is 76.2 cm³/mol. The lowest BCUT2D eigenvalue weighted by Crippen LogP contribution is -2.43. The first kappa shape index (κ1) is 13.1. The second-order valence-electron chi connectivity index (χ2n) is 5.24. The molecule has 7 heteroatoms. The van der Waals surface area contributed by atoms with Gasteiger partial charge in [-0.2, -0.15) is 0 Å². The molecule has 1 atom stereocenters. The van der Waals surface area contributed by atoms with Crippen LogP contribution >= 0.6 is 0 Å². The van der Waals surface area contributed by atoms with Crippen LogP contribution in [0.2, 0.25) is 0 Å². The Morgan fingerprint density at radius 3 is 2.75 bits per heavy atom. The molecule has 20 heavy (non-hydrogen) atoms. The van der Waals surface area contributed by atoms with Crippen molar-refractivity contribution in [3.8, 4) is 0 Å². The van der Waals surface area contributed by atoms with Gasteiger partial charge in [-0.05, 0) is 26.8 Å². The lowest BCUT2D eigenvalue weighted by atomic mass is 10.2. The van der Waals surface area contributed by atoms with Crippen molar-refractivity contribution in [1.82, 2.24) is 24.0 Å². The first-order chi connectivity index (χ1) is 9.56. The lowest BCUT2D eigenvalue weighted by Gasteiger charge is -2.14. The number of imidazole rings is 1. The van der Waals surface area contributed by atoms with Crippen molar-refractivity contribution in [1.29, 1.82) is 0 Å². The van der Waals surface area contributed by atoms with E-state index in [2.05, 4.69) is 10.3 Å². The zero-order valence-corrected chi connectivity index (χ0v) is 12.0. The number of nitrogens with one attached hydrogen (secondary N) is 1. The Morgan fingerprint density at radius 1 is 1.40 bits per heavy atom. The number of rotatable bonds is 2. The van der Waals surface area contributed by atoms with E-state index in [9.17, 15) is 9.59 Å². The van der Waals surface area contributed by atoms with Crippen molar-refractivity contribution in [3.63, 3.8) is 0 Å². The first-order valence-electron chi connectivity index (χ1n) is 6.95. The van der Waals surface area contributed by atoms with Gasteiger partial charge in [-0.1, -0.05) is 0 Å². The molecule has 0 saturated carbocycles. The van der Waals surface area contributed by atoms with Crippen LogP contribution in [0.15, 0.2) is 9.59 Å². The highest BCUT2D eigenvalue weighted by atomic mass is 16.2. The molecule has 1 N–H and O–H groups in total. The SMILES string of the molecule is CCn1c(=O)n(C2CCNC2)c(=O)c2c1nc(C)n2C. The molecule has 3 rings (SSSR count). The van der Waals surface area contributed by atoms with E-state index in [1.165, 1.54) is 4.57 Å². The Labute approximate surface area is 115 Å². The quantitative estimate of drug-likeness (QED) is 0.822. The molecule has 3 heterocycles. The van der Waals surface area contributed by atoms with Gasteiger partial charge in [0, 0.05) is 20.1 Å². The van der Waals surface area contributed by atoms with Gasteiger partial charge in [0.05, 0.1) is 6.04 Å². The maximum Gasteiger partial charge on any atom is 0.333 e. The van der Waals surface area contributed by atoms with Gasteiger partial charge in [0.15, 0.2) is 11.2 Å². The molecule has 0 aromatic carbocycles. The maximum atomic E-state index is 12.7. The van der Waals surface area contributed by atoms with Gasteiger partial charge < -0.3 is 9.88 Å². The van der Waals surface area contributed by atoms with Gasteiger partial charge in [-0.3, -0.25) is 13.9 Å². The van der Waals surface area contributed by atoms with Crippen LogP contribution in [0.25, 0.3) is 11.2 Å². The van der Waals surface area contributed by atoms with Gasteiger partial charge in [0.25, 0.3) is 5.56 Å². The van der Waals surface area contributed by atoms with Crippen LogP contribution in [-0.2, 0) is 13.6 Å². The van der Waals surface area contributed by atoms with Gasteiger partial charge >= 0.3 is 5.69 Å². The molecule has 108 valence electrons. The first-order valence-corrected chi connectivity index (χ1v) is 6.95. The van der Waals surface area contributed by atoms with Crippen molar-refractivity contribution >= 4 is 11.2 Å². The number of aromatic nitrogens is 4. The topological polar surface area (TPSA) is 73.8 Å². The van der Waals surface area contributed by atoms with Crippen LogP contribution in [0.1, 0.15) is 25.2 Å². The molecule has 2 aromatic rings. The van der Waals surface area contributed by atoms with Gasteiger partial charge in [0.1, 0.15) is 5.82 Å². The Balaban J connectivity index is 2.44. The standard InChI is InChI=1S/C13H19N5O2/c1-4-17-11-10(16(3)8(2)15-11)12(19)18(13(17)20)9-5-6-14-7-9/h9,14H,4-7H2,1-3H3. The highest BCUT2D eigenvalue weighted by Crippen LogP contribution is 2.14. The summed E-state index contributed by atoms with van der Waals surface area (Å²) < 4.78 is 4.75. The molecular formula is C13H19N5O2. The zero-order valence-electron chi connectivity index (χ0n) is 12.0. The van der Waals surface area contributed by atoms with E-state index in [4.69, 9.17) is 0 Å². The molecule has 1 aliphatic rings. The molecule has 0 aliphatic carbocycles. The summed E-state index contributed by atoms with van der Waals surface area (Å²) in [5.41, 5.74) is 0.517. The van der Waals surface area contributed by atoms with Gasteiger partial charge in [-0.25, -0.2) is 9.78 Å². The Morgan fingerprint density at radius 2 is 2.15 bits per heavy atom. The minimum absolute atomic E-state index is 0.0626. The summed E-state index contributed by atoms with van der Waals surface area (Å²) in [5.74, 6) is 0.737. The predicted octanol–water partition coefficient (Wildman–Crippen LogP) is -0.241. The molecule has 2 aromatic heterocycles. The summed E-state index contributed by atoms with van der Waals surface area (Å²) >= 11 is 0. The van der Waals surface area contributed by atoms with Gasteiger partial charge in [0.2, 0.25) is 0 Å². The summed E-state index contributed by atoms with van der Waals surface area (Å²) in [6.45, 7) is 5.75. The maximum absolute atomic E-state index is 12.7. The largest absolute Gasteiger partial charge is 0.333 e. The third-order valence-electron chi connectivity index (χ3n) is 4.13. The molecule has 0 radical (unpaired) electrons. The smallest absolute Gasteiger partial charge is 0.325 e. The molecule has 1 aliphatic heterocycles. The minimum atomic E-state index is -0.253. The number of fused-ring (bicyclic) bond motifs is 1. The van der Waals surface area contributed by atoms with Crippen LogP contribution < -0.4 is 16.6 Å². The lowest BCUT2D eigenvalue weighted by molar-refractivity contribution is 0.483. The number of hydrogen-bond donors (Lipinski definition) is 1. The number of aryl methyl sites for hydroxylation is 3. The minimum Gasteiger partial charge on any atom is -0.325 e. The molecular weight excluding hydrogens is 258 g/mol. The van der Waals surface area contributed by atoms with Crippen molar-refractivity contribution < 1.29 is 0 Å². The summed E-state index contributed by atoms with van der Waals surface area (Å²) in [4.78, 5) is 29.7. The van der Waals surface area contributed by atoms with Crippen LogP contribution in [0.3, 0.4) is 0 Å². The van der Waals surface area contributed by atoms with E-state index < -0.39 is 0 Å². The average Bonchev–Trinajstić information content (AvgIpc) is 3.01. The fraction of sp³-hybridized carbons (Fsp3) is 0.615. The van der Waals surface area contributed by atoms with Crippen molar-refractivity contribution in [3.05, 3.63) is 26.7 Å². The fourth-order valence-corrected chi connectivity index (χ4v) is 2.91. The normalized spacial score (nSPS) is 19.1. The van der Waals surface area contributed by atoms with E-state index >= 15 is 0 Å². The fourth-order valence-electron chi connectivity index (χ4n) is 2.91. The van der Waals surface area contributed by atoms with E-state index in [0.717, 1.165) is 18.8 Å². The molecule has 1 saturated heterocycles. The molecule has 7 nitrogen and oxygen atoms in total. The zero-order chi connectivity index (χ0) is 14.4. The Bertz CT molecular complexity index is 777. The van der Waals surface area contributed by atoms with E-state index in [1.807, 2.05) is 20.9 Å². The molecule has 0 amide bonds. The van der Waals surface area contributed by atoms with E-state index in [-0.39, 0.29) is 17.3 Å². The summed E-state index contributed by atoms with van der Waals surface area (Å²) in [6.07, 6.45) is 0.807. The van der Waals surface area contributed by atoms with Crippen molar-refractivity contribution in [2.75, 3.05) is 13.1 Å².